The zero-order chi connectivity index (χ0) is 13.9. The first kappa shape index (κ1) is 21.4. The molecule has 13 heteroatoms. The number of hydrogen-bond acceptors (Lipinski definition) is 7. The number of anilines is 1. The van der Waals surface area contributed by atoms with Crippen LogP contribution in [0.2, 0.25) is 0 Å². The second-order valence-electron chi connectivity index (χ2n) is 3.59. The van der Waals surface area contributed by atoms with Gasteiger partial charge in [0.1, 0.15) is 25.4 Å². The van der Waals surface area contributed by atoms with Crippen molar-refractivity contribution in [1.82, 2.24) is 19.5 Å². The minimum Gasteiger partial charge on any atom is -1.00 e. The molecule has 2 aromatic heterocycles. The number of rotatable bonds is 6. The molecule has 0 fully saturated rings. The number of ether oxygens (including phenoxy) is 2. The van der Waals surface area contributed by atoms with Gasteiger partial charge >= 0.3 is 66.7 Å². The molecule has 0 saturated heterocycles. The average molecular weight is 337 g/mol. The summed E-state index contributed by atoms with van der Waals surface area (Å²) >= 11 is 0. The summed E-state index contributed by atoms with van der Waals surface area (Å²) in [7, 11) is -4.17. The minimum atomic E-state index is -4.17. The molecule has 0 aromatic carbocycles. The van der Waals surface area contributed by atoms with E-state index in [0.29, 0.717) is 11.2 Å². The number of imidazole rings is 1. The Morgan fingerprint density at radius 2 is 2.00 bits per heavy atom. The summed E-state index contributed by atoms with van der Waals surface area (Å²) in [5.74, 6) is 0.265. The van der Waals surface area contributed by atoms with Crippen LogP contribution in [0, 0.1) is 0 Å². The van der Waals surface area contributed by atoms with Gasteiger partial charge in [-0.2, -0.15) is 0 Å². The molecule has 0 amide bonds. The zero-order valence-corrected chi connectivity index (χ0v) is 16.6. The summed E-state index contributed by atoms with van der Waals surface area (Å²) < 4.78 is 21.8. The smallest absolute Gasteiger partial charge is 1.00 e. The van der Waals surface area contributed by atoms with Crippen molar-refractivity contribution in [3.63, 3.8) is 0 Å². The third-order valence-corrected chi connectivity index (χ3v) is 2.60. The molecule has 10 nitrogen and oxygen atoms in total. The summed E-state index contributed by atoms with van der Waals surface area (Å²) in [6, 6.07) is 0. The SMILES string of the molecule is Nc1ncnc2c1ncn2COCOCP(=O)(O)O.[H-].[H-].[Na+].[Na+]. The summed E-state index contributed by atoms with van der Waals surface area (Å²) in [5, 5.41) is 0. The van der Waals surface area contributed by atoms with Crippen LogP contribution in [0.15, 0.2) is 12.7 Å². The van der Waals surface area contributed by atoms with E-state index in [1.54, 1.807) is 4.57 Å². The van der Waals surface area contributed by atoms with Gasteiger partial charge in [-0.1, -0.05) is 0 Å². The molecular weight excluding hydrogens is 323 g/mol. The van der Waals surface area contributed by atoms with Gasteiger partial charge < -0.3 is 27.8 Å². The van der Waals surface area contributed by atoms with E-state index in [4.69, 9.17) is 20.3 Å². The van der Waals surface area contributed by atoms with E-state index in [2.05, 4.69) is 19.7 Å². The fourth-order valence-electron chi connectivity index (χ4n) is 1.34. The predicted octanol–water partition coefficient (Wildman–Crippen LogP) is -6.28. The molecule has 21 heavy (non-hydrogen) atoms. The van der Waals surface area contributed by atoms with Crippen LogP contribution in [-0.2, 0) is 20.8 Å². The van der Waals surface area contributed by atoms with Crippen molar-refractivity contribution in [3.8, 4) is 0 Å². The number of nitrogen functional groups attached to an aromatic ring is 1. The largest absolute Gasteiger partial charge is 1.00 e. The molecule has 2 rings (SSSR count). The number of nitrogens with two attached hydrogens (primary N) is 1. The number of nitrogens with zero attached hydrogens (tertiary/aromatic N) is 4. The van der Waals surface area contributed by atoms with Gasteiger partial charge in [-0.3, -0.25) is 9.13 Å². The second-order valence-corrected chi connectivity index (χ2v) is 5.18. The maximum absolute atomic E-state index is 10.5. The first-order valence-corrected chi connectivity index (χ1v) is 6.88. The van der Waals surface area contributed by atoms with Crippen molar-refractivity contribution in [2.24, 2.45) is 0 Å². The summed E-state index contributed by atoms with van der Waals surface area (Å²) in [6.07, 6.45) is 2.09. The first-order chi connectivity index (χ1) is 8.97. The minimum absolute atomic E-state index is 0. The van der Waals surface area contributed by atoms with E-state index in [1.165, 1.54) is 12.7 Å². The van der Waals surface area contributed by atoms with Crippen LogP contribution in [0.25, 0.3) is 11.2 Å². The van der Waals surface area contributed by atoms with E-state index < -0.39 is 13.9 Å². The predicted molar refractivity (Wildman–Crippen MR) is 65.9 cm³/mol. The molecule has 0 spiro atoms. The van der Waals surface area contributed by atoms with Gasteiger partial charge in [0.25, 0.3) is 0 Å². The topological polar surface area (TPSA) is 146 Å². The summed E-state index contributed by atoms with van der Waals surface area (Å²) in [6.45, 7) is -0.195. The standard InChI is InChI=1S/C8H12N5O5P.2Na.2H/c9-7-6-8(11-1-10-7)13(2-12-6)3-17-4-18-5-19(14,15)16;;;;/h1-2H,3-5H2,(H2,9,10,11)(H2,14,15,16);;;;/q;2*+1;2*-1. The maximum Gasteiger partial charge on any atom is 1.00 e. The molecule has 2 heterocycles. The quantitative estimate of drug-likeness (QED) is 0.203. The Kier molecular flexibility index (Phi) is 9.73. The van der Waals surface area contributed by atoms with Gasteiger partial charge in [-0.05, 0) is 0 Å². The maximum atomic E-state index is 10.5. The van der Waals surface area contributed by atoms with Crippen molar-refractivity contribution in [1.29, 1.82) is 0 Å². The zero-order valence-electron chi connectivity index (χ0n) is 13.7. The Morgan fingerprint density at radius 3 is 2.67 bits per heavy atom. The molecule has 0 bridgehead atoms. The van der Waals surface area contributed by atoms with E-state index in [0.717, 1.165) is 0 Å². The molecular formula is C8H14N5Na2O5P. The van der Waals surface area contributed by atoms with Crippen molar-refractivity contribution >= 4 is 24.6 Å². The second kappa shape index (κ2) is 9.53. The van der Waals surface area contributed by atoms with Crippen LogP contribution in [0.5, 0.6) is 0 Å². The molecule has 0 aliphatic heterocycles. The monoisotopic (exact) mass is 337 g/mol. The van der Waals surface area contributed by atoms with Gasteiger partial charge in [0.05, 0.1) is 6.33 Å². The van der Waals surface area contributed by atoms with Crippen molar-refractivity contribution in [2.75, 3.05) is 18.9 Å². The first-order valence-electron chi connectivity index (χ1n) is 5.09. The summed E-state index contributed by atoms with van der Waals surface area (Å²) in [4.78, 5) is 28.9. The Balaban J connectivity index is -0.000001000. The van der Waals surface area contributed by atoms with E-state index in [9.17, 15) is 4.57 Å². The number of aromatic nitrogens is 4. The molecule has 2 aromatic rings. The fraction of sp³-hybridized carbons (Fsp3) is 0.375. The van der Waals surface area contributed by atoms with Gasteiger partial charge in [0, 0.05) is 0 Å². The van der Waals surface area contributed by atoms with Crippen LogP contribution >= 0.6 is 7.60 Å². The van der Waals surface area contributed by atoms with Gasteiger partial charge in [0.2, 0.25) is 0 Å². The van der Waals surface area contributed by atoms with Crippen molar-refractivity contribution in [3.05, 3.63) is 12.7 Å². The molecule has 0 aliphatic carbocycles. The van der Waals surface area contributed by atoms with Crippen molar-refractivity contribution in [2.45, 2.75) is 6.73 Å². The van der Waals surface area contributed by atoms with Crippen LogP contribution in [0.4, 0.5) is 5.82 Å². The van der Waals surface area contributed by atoms with Crippen LogP contribution in [-0.4, -0.2) is 42.4 Å². The Hall–Kier alpha value is 0.420. The molecule has 0 atom stereocenters. The van der Waals surface area contributed by atoms with Gasteiger partial charge in [0.15, 0.2) is 17.8 Å². The summed E-state index contributed by atoms with van der Waals surface area (Å²) in [5.41, 5.74) is 6.58. The number of hydrogen-bond donors (Lipinski definition) is 3. The Bertz CT molecular complexity index is 630. The third kappa shape index (κ3) is 6.59. The van der Waals surface area contributed by atoms with Gasteiger partial charge in [-0.15, -0.1) is 0 Å². The van der Waals surface area contributed by atoms with E-state index in [-0.39, 0.29) is 81.3 Å². The molecule has 0 saturated carbocycles. The van der Waals surface area contributed by atoms with Gasteiger partial charge in [-0.25, -0.2) is 15.0 Å². The molecule has 108 valence electrons. The van der Waals surface area contributed by atoms with Crippen LogP contribution < -0.4 is 64.8 Å². The van der Waals surface area contributed by atoms with Crippen LogP contribution in [0.3, 0.4) is 0 Å². The average Bonchev–Trinajstić information content (AvgIpc) is 2.72. The molecule has 0 aliphatic rings. The molecule has 0 radical (unpaired) electrons. The third-order valence-electron chi connectivity index (χ3n) is 2.09. The van der Waals surface area contributed by atoms with Crippen LogP contribution in [0.1, 0.15) is 2.85 Å². The Morgan fingerprint density at radius 1 is 1.29 bits per heavy atom. The normalized spacial score (nSPS) is 11.0. The van der Waals surface area contributed by atoms with Crippen molar-refractivity contribution < 1.29 is 85.8 Å². The fourth-order valence-corrected chi connectivity index (χ4v) is 1.66. The van der Waals surface area contributed by atoms with E-state index in [1.807, 2.05) is 0 Å². The molecule has 4 N–H and O–H groups in total. The Labute approximate surface area is 167 Å². The molecule has 0 unspecified atom stereocenters. The number of fused-ring (bicyclic) bond motifs is 1. The van der Waals surface area contributed by atoms with E-state index >= 15 is 0 Å².